The number of ether oxygens (including phenoxy) is 2. The smallest absolute Gasteiger partial charge is 0.271 e. The van der Waals surface area contributed by atoms with Gasteiger partial charge in [0.25, 0.3) is 5.91 Å². The van der Waals surface area contributed by atoms with Gasteiger partial charge in [0.2, 0.25) is 0 Å². The summed E-state index contributed by atoms with van der Waals surface area (Å²) in [7, 11) is 3.10. The molecule has 5 nitrogen and oxygen atoms in total. The molecular formula is C18H18N2O3. The minimum Gasteiger partial charge on any atom is -0.497 e. The van der Waals surface area contributed by atoms with Crippen molar-refractivity contribution in [3.05, 3.63) is 71.5 Å². The fourth-order valence-corrected chi connectivity index (χ4v) is 1.85. The summed E-state index contributed by atoms with van der Waals surface area (Å²) < 4.78 is 10.3. The van der Waals surface area contributed by atoms with Gasteiger partial charge in [0.05, 0.1) is 20.4 Å². The lowest BCUT2D eigenvalue weighted by molar-refractivity contribution is 0.0954. The molecule has 0 bridgehead atoms. The summed E-state index contributed by atoms with van der Waals surface area (Å²) in [5.74, 6) is 0.820. The van der Waals surface area contributed by atoms with Crippen LogP contribution in [0.25, 0.3) is 6.08 Å². The van der Waals surface area contributed by atoms with Crippen LogP contribution < -0.4 is 10.2 Å². The van der Waals surface area contributed by atoms with E-state index in [-0.39, 0.29) is 5.91 Å². The van der Waals surface area contributed by atoms with E-state index in [4.69, 9.17) is 9.47 Å². The minimum atomic E-state index is -0.324. The van der Waals surface area contributed by atoms with Crippen molar-refractivity contribution in [1.29, 1.82) is 0 Å². The average molecular weight is 310 g/mol. The lowest BCUT2D eigenvalue weighted by atomic mass is 10.2. The number of methoxy groups -OCH3 is 2. The van der Waals surface area contributed by atoms with E-state index in [1.807, 2.05) is 36.4 Å². The number of benzene rings is 2. The Morgan fingerprint density at radius 1 is 1.09 bits per heavy atom. The first kappa shape index (κ1) is 16.3. The molecule has 0 unspecified atom stereocenters. The molecule has 0 aliphatic rings. The van der Waals surface area contributed by atoms with Crippen molar-refractivity contribution in [2.45, 2.75) is 0 Å². The second kappa shape index (κ2) is 8.38. The third-order valence-corrected chi connectivity index (χ3v) is 3.03. The summed E-state index contributed by atoms with van der Waals surface area (Å²) in [6.07, 6.45) is 3.27. The highest BCUT2D eigenvalue weighted by Crippen LogP contribution is 2.12. The Hall–Kier alpha value is -3.08. The molecule has 0 saturated heterocycles. The highest BCUT2D eigenvalue weighted by atomic mass is 16.5. The van der Waals surface area contributed by atoms with E-state index in [0.717, 1.165) is 5.56 Å². The zero-order valence-electron chi connectivity index (χ0n) is 13.0. The molecule has 0 aromatic heterocycles. The molecule has 0 aliphatic heterocycles. The number of carbonyl (C=O) groups excluding carboxylic acids is 1. The largest absolute Gasteiger partial charge is 0.497 e. The van der Waals surface area contributed by atoms with Crippen molar-refractivity contribution in [1.82, 2.24) is 5.43 Å². The third-order valence-electron chi connectivity index (χ3n) is 3.03. The maximum absolute atomic E-state index is 12.0. The van der Waals surface area contributed by atoms with Crippen molar-refractivity contribution in [2.24, 2.45) is 5.10 Å². The summed E-state index contributed by atoms with van der Waals surface area (Å²) in [6.45, 7) is 0. The van der Waals surface area contributed by atoms with Crippen LogP contribution in [0.15, 0.2) is 65.5 Å². The Morgan fingerprint density at radius 2 is 1.87 bits per heavy atom. The zero-order valence-corrected chi connectivity index (χ0v) is 13.0. The molecular weight excluding hydrogens is 292 g/mol. The fourth-order valence-electron chi connectivity index (χ4n) is 1.85. The van der Waals surface area contributed by atoms with Crippen molar-refractivity contribution >= 4 is 18.2 Å². The first-order valence-corrected chi connectivity index (χ1v) is 7.01. The van der Waals surface area contributed by atoms with Gasteiger partial charge >= 0.3 is 0 Å². The number of allylic oxidation sites excluding steroid dienone is 1. The first-order valence-electron chi connectivity index (χ1n) is 7.01. The van der Waals surface area contributed by atoms with Crippen LogP contribution in [0.5, 0.6) is 5.75 Å². The first-order chi connectivity index (χ1) is 11.2. The predicted molar refractivity (Wildman–Crippen MR) is 90.4 cm³/mol. The van der Waals surface area contributed by atoms with Gasteiger partial charge in [-0.2, -0.15) is 5.10 Å². The van der Waals surface area contributed by atoms with Gasteiger partial charge in [-0.25, -0.2) is 5.43 Å². The maximum Gasteiger partial charge on any atom is 0.271 e. The quantitative estimate of drug-likeness (QED) is 0.507. The third kappa shape index (κ3) is 5.00. The van der Waals surface area contributed by atoms with E-state index < -0.39 is 0 Å². The predicted octanol–water partition coefficient (Wildman–Crippen LogP) is 3.10. The number of nitrogens with zero attached hydrogens (tertiary/aromatic N) is 1. The molecule has 0 saturated carbocycles. The molecule has 1 amide bonds. The van der Waals surface area contributed by atoms with Gasteiger partial charge in [0, 0.05) is 5.56 Å². The monoisotopic (exact) mass is 310 g/mol. The Balaban J connectivity index is 2.01. The molecule has 23 heavy (non-hydrogen) atoms. The van der Waals surface area contributed by atoms with E-state index in [9.17, 15) is 4.79 Å². The summed E-state index contributed by atoms with van der Waals surface area (Å²) in [5.41, 5.74) is 3.90. The summed E-state index contributed by atoms with van der Waals surface area (Å²) in [6, 6.07) is 16.5. The topological polar surface area (TPSA) is 59.9 Å². The second-order valence-electron chi connectivity index (χ2n) is 4.59. The summed E-state index contributed by atoms with van der Waals surface area (Å²) in [4.78, 5) is 12.0. The van der Waals surface area contributed by atoms with E-state index in [1.165, 1.54) is 6.21 Å². The average Bonchev–Trinajstić information content (AvgIpc) is 2.61. The van der Waals surface area contributed by atoms with Gasteiger partial charge in [0.15, 0.2) is 0 Å². The van der Waals surface area contributed by atoms with Crippen molar-refractivity contribution in [3.8, 4) is 5.75 Å². The number of hydrogen-bond donors (Lipinski definition) is 1. The SMILES string of the molecule is COC(=C\c1ccccc1)/C=N/NC(=O)c1cccc(OC)c1. The summed E-state index contributed by atoms with van der Waals surface area (Å²) >= 11 is 0. The standard InChI is InChI=1S/C18H18N2O3/c1-22-16-10-6-9-15(12-16)18(21)20-19-13-17(23-2)11-14-7-4-3-5-8-14/h3-13H,1-2H3,(H,20,21)/b17-11-,19-13+. The van der Waals surface area contributed by atoms with E-state index in [0.29, 0.717) is 17.1 Å². The molecule has 2 rings (SSSR count). The summed E-state index contributed by atoms with van der Waals surface area (Å²) in [5, 5.41) is 3.91. The molecule has 0 spiro atoms. The molecule has 0 fully saturated rings. The molecule has 0 atom stereocenters. The molecule has 1 N–H and O–H groups in total. The molecule has 5 heteroatoms. The molecule has 2 aromatic carbocycles. The van der Waals surface area contributed by atoms with Gasteiger partial charge in [0.1, 0.15) is 11.5 Å². The van der Waals surface area contributed by atoms with Gasteiger partial charge in [-0.05, 0) is 29.8 Å². The second-order valence-corrected chi connectivity index (χ2v) is 4.59. The van der Waals surface area contributed by atoms with Crippen molar-refractivity contribution in [3.63, 3.8) is 0 Å². The number of nitrogens with one attached hydrogen (secondary N) is 1. The van der Waals surface area contributed by atoms with Crippen LogP contribution in [0.3, 0.4) is 0 Å². The zero-order chi connectivity index (χ0) is 16.5. The molecule has 0 radical (unpaired) electrons. The lowest BCUT2D eigenvalue weighted by Crippen LogP contribution is -2.17. The van der Waals surface area contributed by atoms with E-state index in [1.54, 1.807) is 38.5 Å². The molecule has 0 heterocycles. The highest BCUT2D eigenvalue weighted by molar-refractivity contribution is 5.95. The number of rotatable bonds is 6. The Morgan fingerprint density at radius 3 is 2.57 bits per heavy atom. The lowest BCUT2D eigenvalue weighted by Gasteiger charge is -2.03. The number of hydrazone groups is 1. The van der Waals surface area contributed by atoms with Crippen LogP contribution in [0.2, 0.25) is 0 Å². The molecule has 0 aliphatic carbocycles. The Bertz CT molecular complexity index is 709. The van der Waals surface area contributed by atoms with Crippen LogP contribution >= 0.6 is 0 Å². The Kier molecular flexibility index (Phi) is 5.94. The van der Waals surface area contributed by atoms with Crippen LogP contribution in [0.1, 0.15) is 15.9 Å². The van der Waals surface area contributed by atoms with Crippen LogP contribution in [-0.4, -0.2) is 26.3 Å². The number of carbonyl (C=O) groups is 1. The number of hydrogen-bond acceptors (Lipinski definition) is 4. The minimum absolute atomic E-state index is 0.324. The van der Waals surface area contributed by atoms with Gasteiger partial charge in [-0.15, -0.1) is 0 Å². The van der Waals surface area contributed by atoms with Crippen LogP contribution in [-0.2, 0) is 4.74 Å². The molecule has 2 aromatic rings. The highest BCUT2D eigenvalue weighted by Gasteiger charge is 2.05. The fraction of sp³-hybridized carbons (Fsp3) is 0.111. The Labute approximate surface area is 135 Å². The van der Waals surface area contributed by atoms with Crippen molar-refractivity contribution in [2.75, 3.05) is 14.2 Å². The van der Waals surface area contributed by atoms with Gasteiger partial charge < -0.3 is 9.47 Å². The normalized spacial score (nSPS) is 11.3. The van der Waals surface area contributed by atoms with Gasteiger partial charge in [-0.3, -0.25) is 4.79 Å². The van der Waals surface area contributed by atoms with E-state index >= 15 is 0 Å². The van der Waals surface area contributed by atoms with E-state index in [2.05, 4.69) is 10.5 Å². The van der Waals surface area contributed by atoms with Gasteiger partial charge in [-0.1, -0.05) is 36.4 Å². The van der Waals surface area contributed by atoms with Crippen LogP contribution in [0.4, 0.5) is 0 Å². The van der Waals surface area contributed by atoms with Crippen LogP contribution in [0, 0.1) is 0 Å². The van der Waals surface area contributed by atoms with Crippen molar-refractivity contribution < 1.29 is 14.3 Å². The molecule has 118 valence electrons. The maximum atomic E-state index is 12.0. The number of amides is 1.